The number of halogens is 2. The van der Waals surface area contributed by atoms with E-state index in [1.165, 1.54) is 0 Å². The molecule has 6 heteroatoms. The van der Waals surface area contributed by atoms with Gasteiger partial charge < -0.3 is 10.6 Å². The SMILES string of the molecule is Nc1c(Br)cncc1N1CC(Br)CC1=O. The molecule has 1 unspecified atom stereocenters. The van der Waals surface area contributed by atoms with E-state index in [0.29, 0.717) is 28.8 Å². The maximum Gasteiger partial charge on any atom is 0.228 e. The molecular formula is C9H9Br2N3O. The van der Waals surface area contributed by atoms with E-state index >= 15 is 0 Å². The second kappa shape index (κ2) is 4.09. The number of nitrogens with zero attached hydrogens (tertiary/aromatic N) is 2. The van der Waals surface area contributed by atoms with Crippen LogP contribution in [0.1, 0.15) is 6.42 Å². The van der Waals surface area contributed by atoms with E-state index in [4.69, 9.17) is 5.73 Å². The molecule has 0 saturated carbocycles. The zero-order valence-electron chi connectivity index (χ0n) is 7.78. The number of anilines is 2. The van der Waals surface area contributed by atoms with Crippen LogP contribution in [-0.2, 0) is 4.79 Å². The van der Waals surface area contributed by atoms with Crippen molar-refractivity contribution in [1.29, 1.82) is 0 Å². The second-order valence-electron chi connectivity index (χ2n) is 3.36. The summed E-state index contributed by atoms with van der Waals surface area (Å²) in [5.74, 6) is 0.0727. The summed E-state index contributed by atoms with van der Waals surface area (Å²) in [6, 6.07) is 0. The summed E-state index contributed by atoms with van der Waals surface area (Å²) in [5.41, 5.74) is 7.11. The van der Waals surface area contributed by atoms with Gasteiger partial charge in [0.05, 0.1) is 22.0 Å². The highest BCUT2D eigenvalue weighted by atomic mass is 79.9. The Bertz CT molecular complexity index is 410. The highest BCUT2D eigenvalue weighted by Gasteiger charge is 2.30. The van der Waals surface area contributed by atoms with Crippen LogP contribution in [0.3, 0.4) is 0 Å². The van der Waals surface area contributed by atoms with Crippen molar-refractivity contribution in [3.8, 4) is 0 Å². The number of nitrogens with two attached hydrogens (primary N) is 1. The van der Waals surface area contributed by atoms with Gasteiger partial charge in [-0.05, 0) is 15.9 Å². The van der Waals surface area contributed by atoms with E-state index in [1.54, 1.807) is 17.3 Å². The molecule has 0 aromatic carbocycles. The van der Waals surface area contributed by atoms with Crippen molar-refractivity contribution in [1.82, 2.24) is 4.98 Å². The first kappa shape index (κ1) is 10.9. The van der Waals surface area contributed by atoms with Crippen LogP contribution < -0.4 is 10.6 Å². The van der Waals surface area contributed by atoms with Gasteiger partial charge in [0.2, 0.25) is 5.91 Å². The minimum absolute atomic E-state index is 0.0727. The zero-order chi connectivity index (χ0) is 11.0. The molecule has 1 aliphatic rings. The number of nitrogen functional groups attached to an aromatic ring is 1. The lowest BCUT2D eigenvalue weighted by molar-refractivity contribution is -0.117. The van der Waals surface area contributed by atoms with E-state index in [9.17, 15) is 4.79 Å². The Morgan fingerprint density at radius 2 is 2.27 bits per heavy atom. The number of alkyl halides is 1. The number of carbonyl (C=O) groups excluding carboxylic acids is 1. The van der Waals surface area contributed by atoms with E-state index in [2.05, 4.69) is 36.8 Å². The number of aromatic nitrogens is 1. The smallest absolute Gasteiger partial charge is 0.228 e. The number of hydrogen-bond acceptors (Lipinski definition) is 3. The molecule has 1 aromatic heterocycles. The lowest BCUT2D eigenvalue weighted by Crippen LogP contribution is -2.25. The van der Waals surface area contributed by atoms with E-state index in [-0.39, 0.29) is 10.7 Å². The van der Waals surface area contributed by atoms with Gasteiger partial charge in [-0.1, -0.05) is 15.9 Å². The van der Waals surface area contributed by atoms with E-state index in [0.717, 1.165) is 0 Å². The number of pyridine rings is 1. The van der Waals surface area contributed by atoms with Crippen molar-refractivity contribution in [2.45, 2.75) is 11.2 Å². The summed E-state index contributed by atoms with van der Waals surface area (Å²) in [7, 11) is 0. The molecule has 4 nitrogen and oxygen atoms in total. The highest BCUT2D eigenvalue weighted by Crippen LogP contribution is 2.33. The standard InChI is InChI=1S/C9H9Br2N3O/c10-5-1-8(15)14(4-5)7-3-13-2-6(11)9(7)12/h2-3,5H,1,4H2,(H2,12,13). The fourth-order valence-electron chi connectivity index (χ4n) is 1.55. The number of carbonyl (C=O) groups is 1. The Hall–Kier alpha value is -0.620. The van der Waals surface area contributed by atoms with Crippen LogP contribution >= 0.6 is 31.9 Å². The monoisotopic (exact) mass is 333 g/mol. The molecule has 1 saturated heterocycles. The van der Waals surface area contributed by atoms with Crippen molar-refractivity contribution < 1.29 is 4.79 Å². The maximum atomic E-state index is 11.6. The van der Waals surface area contributed by atoms with Crippen LogP contribution in [0.5, 0.6) is 0 Å². The van der Waals surface area contributed by atoms with Crippen LogP contribution in [0.4, 0.5) is 11.4 Å². The molecule has 1 aromatic rings. The molecule has 0 aliphatic carbocycles. The first-order valence-electron chi connectivity index (χ1n) is 4.43. The van der Waals surface area contributed by atoms with Gasteiger partial charge in [-0.3, -0.25) is 9.78 Å². The zero-order valence-corrected chi connectivity index (χ0v) is 11.0. The summed E-state index contributed by atoms with van der Waals surface area (Å²) in [6.07, 6.45) is 3.74. The van der Waals surface area contributed by atoms with Gasteiger partial charge in [-0.25, -0.2) is 0 Å². The van der Waals surface area contributed by atoms with Crippen molar-refractivity contribution in [2.75, 3.05) is 17.2 Å². The average Bonchev–Trinajstić information content (AvgIpc) is 2.50. The Morgan fingerprint density at radius 1 is 1.53 bits per heavy atom. The lowest BCUT2D eigenvalue weighted by atomic mass is 10.3. The van der Waals surface area contributed by atoms with Crippen molar-refractivity contribution in [2.24, 2.45) is 0 Å². The molecule has 0 spiro atoms. The number of amides is 1. The Labute approximate surface area is 104 Å². The summed E-state index contributed by atoms with van der Waals surface area (Å²) in [5, 5.41) is 0. The average molecular weight is 335 g/mol. The highest BCUT2D eigenvalue weighted by molar-refractivity contribution is 9.10. The van der Waals surface area contributed by atoms with Gasteiger partial charge in [-0.2, -0.15) is 0 Å². The molecule has 2 heterocycles. The minimum Gasteiger partial charge on any atom is -0.396 e. The predicted octanol–water partition coefficient (Wildman–Crippen LogP) is 1.93. The second-order valence-corrected chi connectivity index (χ2v) is 5.51. The van der Waals surface area contributed by atoms with Crippen LogP contribution in [0, 0.1) is 0 Å². The molecule has 2 N–H and O–H groups in total. The summed E-state index contributed by atoms with van der Waals surface area (Å²) in [4.78, 5) is 17.5. The molecule has 0 bridgehead atoms. The van der Waals surface area contributed by atoms with Gasteiger partial charge in [0.25, 0.3) is 0 Å². The normalized spacial score (nSPS) is 21.1. The summed E-state index contributed by atoms with van der Waals surface area (Å²) < 4.78 is 0.714. The molecule has 0 radical (unpaired) electrons. The van der Waals surface area contributed by atoms with Gasteiger partial charge in [-0.15, -0.1) is 0 Å². The molecule has 1 fully saturated rings. The van der Waals surface area contributed by atoms with Crippen LogP contribution in [0.25, 0.3) is 0 Å². The van der Waals surface area contributed by atoms with Crippen LogP contribution in [0.15, 0.2) is 16.9 Å². The molecule has 1 atom stereocenters. The van der Waals surface area contributed by atoms with Crippen LogP contribution in [0.2, 0.25) is 0 Å². The van der Waals surface area contributed by atoms with Crippen molar-refractivity contribution in [3.05, 3.63) is 16.9 Å². The predicted molar refractivity (Wildman–Crippen MR) is 66.0 cm³/mol. The summed E-state index contributed by atoms with van der Waals surface area (Å²) in [6.45, 7) is 0.640. The van der Waals surface area contributed by atoms with Crippen molar-refractivity contribution in [3.63, 3.8) is 0 Å². The topological polar surface area (TPSA) is 59.2 Å². The first-order chi connectivity index (χ1) is 7.09. The number of rotatable bonds is 1. The first-order valence-corrected chi connectivity index (χ1v) is 6.14. The molecule has 1 aliphatic heterocycles. The Balaban J connectivity index is 2.38. The third kappa shape index (κ3) is 2.01. The fraction of sp³-hybridized carbons (Fsp3) is 0.333. The van der Waals surface area contributed by atoms with Crippen molar-refractivity contribution >= 4 is 49.1 Å². The molecule has 1 amide bonds. The molecule has 80 valence electrons. The van der Waals surface area contributed by atoms with Crippen LogP contribution in [-0.4, -0.2) is 22.3 Å². The third-order valence-corrected chi connectivity index (χ3v) is 3.53. The molecular weight excluding hydrogens is 326 g/mol. The molecule has 2 rings (SSSR count). The lowest BCUT2D eigenvalue weighted by Gasteiger charge is -2.17. The van der Waals surface area contributed by atoms with Gasteiger partial charge in [0.15, 0.2) is 0 Å². The van der Waals surface area contributed by atoms with E-state index in [1.807, 2.05) is 0 Å². The summed E-state index contributed by atoms with van der Waals surface area (Å²) >= 11 is 6.71. The quantitative estimate of drug-likeness (QED) is 0.798. The fourth-order valence-corrected chi connectivity index (χ4v) is 2.43. The largest absolute Gasteiger partial charge is 0.396 e. The third-order valence-electron chi connectivity index (χ3n) is 2.29. The van der Waals surface area contributed by atoms with E-state index < -0.39 is 0 Å². The Morgan fingerprint density at radius 3 is 2.87 bits per heavy atom. The number of hydrogen-bond donors (Lipinski definition) is 1. The van der Waals surface area contributed by atoms with Gasteiger partial charge in [0.1, 0.15) is 0 Å². The van der Waals surface area contributed by atoms with Gasteiger partial charge in [0, 0.05) is 24.0 Å². The van der Waals surface area contributed by atoms with Gasteiger partial charge >= 0.3 is 0 Å². The Kier molecular flexibility index (Phi) is 2.97. The molecule has 15 heavy (non-hydrogen) atoms. The minimum atomic E-state index is 0.0727. The maximum absolute atomic E-state index is 11.6.